The predicted molar refractivity (Wildman–Crippen MR) is 69.1 cm³/mol. The molecule has 0 bridgehead atoms. The third-order valence-corrected chi connectivity index (χ3v) is 2.80. The molecule has 94 valence electrons. The molecule has 0 radical (unpaired) electrons. The van der Waals surface area contributed by atoms with Gasteiger partial charge in [0, 0.05) is 12.2 Å². The van der Waals surface area contributed by atoms with Crippen LogP contribution in [0.2, 0.25) is 0 Å². The Bertz CT molecular complexity index is 346. The molecule has 0 saturated carbocycles. The highest BCUT2D eigenvalue weighted by Crippen LogP contribution is 2.10. The fourth-order valence-corrected chi connectivity index (χ4v) is 1.78. The second-order valence-corrected chi connectivity index (χ2v) is 4.28. The maximum absolute atomic E-state index is 11.9. The third-order valence-electron chi connectivity index (χ3n) is 2.80. The summed E-state index contributed by atoms with van der Waals surface area (Å²) in [6.07, 6.45) is 3.24. The van der Waals surface area contributed by atoms with Gasteiger partial charge in [-0.15, -0.1) is 0 Å². The minimum atomic E-state index is -0.386. The number of nitrogens with two attached hydrogens (primary N) is 1. The maximum atomic E-state index is 11.9. The smallest absolute Gasteiger partial charge is 0.179 e. The summed E-state index contributed by atoms with van der Waals surface area (Å²) in [6.45, 7) is 2.22. The Morgan fingerprint density at radius 1 is 1.35 bits per heavy atom. The minimum absolute atomic E-state index is 0.0144. The molecular weight excluding hydrogens is 214 g/mol. The molecule has 1 aromatic rings. The number of aliphatic hydroxyl groups excluding tert-OH is 1. The Hall–Kier alpha value is -1.19. The van der Waals surface area contributed by atoms with Crippen LogP contribution in [0.15, 0.2) is 24.3 Å². The fourth-order valence-electron chi connectivity index (χ4n) is 1.78. The van der Waals surface area contributed by atoms with Crippen LogP contribution in [0.5, 0.6) is 0 Å². The molecule has 0 amide bonds. The summed E-state index contributed by atoms with van der Waals surface area (Å²) >= 11 is 0. The largest absolute Gasteiger partial charge is 0.396 e. The number of Topliss-reactive ketones (excluding diaryl/α,β-unsaturated/α-hetero) is 1. The van der Waals surface area contributed by atoms with Crippen molar-refractivity contribution in [3.8, 4) is 0 Å². The Balaban J connectivity index is 2.63. The zero-order valence-electron chi connectivity index (χ0n) is 10.4. The van der Waals surface area contributed by atoms with Crippen LogP contribution in [0.3, 0.4) is 0 Å². The van der Waals surface area contributed by atoms with Crippen molar-refractivity contribution in [2.45, 2.75) is 38.6 Å². The Morgan fingerprint density at radius 3 is 2.53 bits per heavy atom. The lowest BCUT2D eigenvalue weighted by Gasteiger charge is -2.09. The number of carbonyl (C=O) groups excluding carboxylic acids is 1. The van der Waals surface area contributed by atoms with Crippen molar-refractivity contribution in [3.05, 3.63) is 35.4 Å². The molecule has 0 aliphatic carbocycles. The molecule has 1 rings (SSSR count). The molecule has 0 fully saturated rings. The highest BCUT2D eigenvalue weighted by atomic mass is 16.2. The lowest BCUT2D eigenvalue weighted by Crippen LogP contribution is -2.30. The van der Waals surface area contributed by atoms with Crippen LogP contribution >= 0.6 is 0 Å². The second-order valence-electron chi connectivity index (χ2n) is 4.28. The van der Waals surface area contributed by atoms with Gasteiger partial charge in [0.05, 0.1) is 6.04 Å². The van der Waals surface area contributed by atoms with E-state index in [1.165, 1.54) is 0 Å². The first-order chi connectivity index (χ1) is 8.19. The monoisotopic (exact) mass is 235 g/mol. The number of aliphatic hydroxyl groups is 1. The van der Waals surface area contributed by atoms with Crippen LogP contribution in [0.4, 0.5) is 0 Å². The van der Waals surface area contributed by atoms with Crippen LogP contribution in [0.1, 0.15) is 42.1 Å². The lowest BCUT2D eigenvalue weighted by molar-refractivity contribution is 0.0957. The first-order valence-electron chi connectivity index (χ1n) is 6.18. The number of hydrogen-bond donors (Lipinski definition) is 2. The molecule has 0 spiro atoms. The first-order valence-corrected chi connectivity index (χ1v) is 6.18. The summed E-state index contributed by atoms with van der Waals surface area (Å²) in [5, 5.41) is 8.73. The van der Waals surface area contributed by atoms with Crippen molar-refractivity contribution in [2.24, 2.45) is 5.73 Å². The van der Waals surface area contributed by atoms with Crippen molar-refractivity contribution >= 4 is 5.78 Å². The van der Waals surface area contributed by atoms with E-state index in [4.69, 9.17) is 10.8 Å². The van der Waals surface area contributed by atoms with Crippen LogP contribution < -0.4 is 5.73 Å². The van der Waals surface area contributed by atoms with E-state index in [-0.39, 0.29) is 18.4 Å². The molecule has 3 N–H and O–H groups in total. The molecule has 0 heterocycles. The van der Waals surface area contributed by atoms with Gasteiger partial charge in [-0.25, -0.2) is 0 Å². The van der Waals surface area contributed by atoms with E-state index in [1.54, 1.807) is 0 Å². The summed E-state index contributed by atoms with van der Waals surface area (Å²) in [5.41, 5.74) is 7.61. The third kappa shape index (κ3) is 4.29. The molecule has 0 aliphatic heterocycles. The van der Waals surface area contributed by atoms with Crippen molar-refractivity contribution < 1.29 is 9.90 Å². The van der Waals surface area contributed by atoms with Gasteiger partial charge < -0.3 is 10.8 Å². The molecule has 3 nitrogen and oxygen atoms in total. The van der Waals surface area contributed by atoms with Crippen LogP contribution in [-0.2, 0) is 6.42 Å². The van der Waals surface area contributed by atoms with Gasteiger partial charge in [0.1, 0.15) is 0 Å². The normalized spacial score (nSPS) is 12.4. The average Bonchev–Trinajstić information content (AvgIpc) is 2.36. The minimum Gasteiger partial charge on any atom is -0.396 e. The van der Waals surface area contributed by atoms with Crippen LogP contribution in [0.25, 0.3) is 0 Å². The van der Waals surface area contributed by atoms with E-state index in [1.807, 2.05) is 31.2 Å². The maximum Gasteiger partial charge on any atom is 0.179 e. The highest BCUT2D eigenvalue weighted by molar-refractivity contribution is 5.99. The fraction of sp³-hybridized carbons (Fsp3) is 0.500. The molecule has 1 aromatic carbocycles. The molecule has 0 unspecified atom stereocenters. The SMILES string of the molecule is CCC[C@H](N)C(=O)c1ccc(CCCO)cc1. The van der Waals surface area contributed by atoms with Gasteiger partial charge in [0.2, 0.25) is 0 Å². The summed E-state index contributed by atoms with van der Waals surface area (Å²) in [6, 6.07) is 7.13. The number of benzene rings is 1. The number of carbonyl (C=O) groups is 1. The van der Waals surface area contributed by atoms with Crippen LogP contribution in [-0.4, -0.2) is 23.5 Å². The average molecular weight is 235 g/mol. The molecule has 3 heteroatoms. The van der Waals surface area contributed by atoms with Gasteiger partial charge in [-0.2, -0.15) is 0 Å². The quantitative estimate of drug-likeness (QED) is 0.710. The predicted octanol–water partition coefficient (Wildman–Crippen LogP) is 1.92. The topological polar surface area (TPSA) is 63.3 Å². The summed E-state index contributed by atoms with van der Waals surface area (Å²) in [5.74, 6) is 0.0144. The Morgan fingerprint density at radius 2 is 2.00 bits per heavy atom. The second kappa shape index (κ2) is 7.20. The molecule has 0 aromatic heterocycles. The van der Waals surface area contributed by atoms with Gasteiger partial charge in [0.25, 0.3) is 0 Å². The summed E-state index contributed by atoms with van der Waals surface area (Å²) < 4.78 is 0. The van der Waals surface area contributed by atoms with Gasteiger partial charge in [-0.1, -0.05) is 37.6 Å². The molecular formula is C14H21NO2. The van der Waals surface area contributed by atoms with E-state index in [0.29, 0.717) is 5.56 Å². The molecule has 0 saturated heterocycles. The van der Waals surface area contributed by atoms with Crippen molar-refractivity contribution in [1.29, 1.82) is 0 Å². The highest BCUT2D eigenvalue weighted by Gasteiger charge is 2.14. The van der Waals surface area contributed by atoms with E-state index in [2.05, 4.69) is 0 Å². The molecule has 0 aliphatic rings. The zero-order valence-corrected chi connectivity index (χ0v) is 10.4. The number of aryl methyl sites for hydroxylation is 1. The van der Waals surface area contributed by atoms with Crippen molar-refractivity contribution in [1.82, 2.24) is 0 Å². The Labute approximate surface area is 103 Å². The number of rotatable bonds is 7. The van der Waals surface area contributed by atoms with E-state index in [9.17, 15) is 4.79 Å². The van der Waals surface area contributed by atoms with E-state index < -0.39 is 0 Å². The molecule has 1 atom stereocenters. The van der Waals surface area contributed by atoms with Gasteiger partial charge in [-0.3, -0.25) is 4.79 Å². The van der Waals surface area contributed by atoms with Gasteiger partial charge in [0.15, 0.2) is 5.78 Å². The lowest BCUT2D eigenvalue weighted by atomic mass is 9.99. The van der Waals surface area contributed by atoms with Gasteiger partial charge in [-0.05, 0) is 24.8 Å². The van der Waals surface area contributed by atoms with Crippen molar-refractivity contribution in [2.75, 3.05) is 6.61 Å². The number of hydrogen-bond acceptors (Lipinski definition) is 3. The van der Waals surface area contributed by atoms with E-state index >= 15 is 0 Å². The molecule has 17 heavy (non-hydrogen) atoms. The summed E-state index contributed by atoms with van der Waals surface area (Å²) in [4.78, 5) is 11.9. The van der Waals surface area contributed by atoms with E-state index in [0.717, 1.165) is 31.2 Å². The summed E-state index contributed by atoms with van der Waals surface area (Å²) in [7, 11) is 0. The van der Waals surface area contributed by atoms with Crippen molar-refractivity contribution in [3.63, 3.8) is 0 Å². The first kappa shape index (κ1) is 13.9. The number of ketones is 1. The standard InChI is InChI=1S/C14H21NO2/c1-2-4-13(15)14(17)12-8-6-11(7-9-12)5-3-10-16/h6-9,13,16H,2-5,10,15H2,1H3/t13-/m0/s1. The Kier molecular flexibility index (Phi) is 5.87. The van der Waals surface area contributed by atoms with Crippen LogP contribution in [0, 0.1) is 0 Å². The van der Waals surface area contributed by atoms with Gasteiger partial charge >= 0.3 is 0 Å². The zero-order chi connectivity index (χ0) is 12.7.